The van der Waals surface area contributed by atoms with E-state index in [2.05, 4.69) is 14.9 Å². The molecule has 0 bridgehead atoms. The molecule has 7 nitrogen and oxygen atoms in total. The van der Waals surface area contributed by atoms with E-state index in [-0.39, 0.29) is 5.91 Å². The zero-order valence-electron chi connectivity index (χ0n) is 13.1. The molecule has 0 atom stereocenters. The second kappa shape index (κ2) is 6.12. The lowest BCUT2D eigenvalue weighted by Gasteiger charge is -2.35. The molecule has 2 aromatic rings. The third-order valence-corrected chi connectivity index (χ3v) is 3.95. The number of carbonyl (C=O) groups is 1. The maximum Gasteiger partial charge on any atom is 0.219 e. The first kappa shape index (κ1) is 15.1. The van der Waals surface area contributed by atoms with Crippen molar-refractivity contribution < 1.29 is 4.79 Å². The van der Waals surface area contributed by atoms with E-state index in [9.17, 15) is 4.79 Å². The summed E-state index contributed by atoms with van der Waals surface area (Å²) in [7, 11) is 0. The predicted molar refractivity (Wildman–Crippen MR) is 90.8 cm³/mol. The Morgan fingerprint density at radius 3 is 2.43 bits per heavy atom. The van der Waals surface area contributed by atoms with Crippen molar-refractivity contribution in [2.75, 3.05) is 42.5 Å². The summed E-state index contributed by atoms with van der Waals surface area (Å²) in [5.74, 6) is 1.81. The number of aromatic nitrogens is 2. The lowest BCUT2D eigenvalue weighted by Crippen LogP contribution is -2.48. The summed E-state index contributed by atoms with van der Waals surface area (Å²) in [5, 5.41) is 0. The Labute approximate surface area is 134 Å². The summed E-state index contributed by atoms with van der Waals surface area (Å²) >= 11 is 0. The molecular weight excluding hydrogens is 292 g/mol. The van der Waals surface area contributed by atoms with Crippen molar-refractivity contribution in [1.29, 1.82) is 0 Å². The number of hydrogen-bond donors (Lipinski definition) is 2. The molecule has 0 spiro atoms. The predicted octanol–water partition coefficient (Wildman–Crippen LogP) is 0.976. The molecule has 2 aromatic heterocycles. The van der Waals surface area contributed by atoms with E-state index >= 15 is 0 Å². The maximum absolute atomic E-state index is 11.4. The first-order chi connectivity index (χ1) is 11.0. The summed E-state index contributed by atoms with van der Waals surface area (Å²) in [4.78, 5) is 24.1. The minimum Gasteiger partial charge on any atom is -0.384 e. The number of anilines is 3. The highest BCUT2D eigenvalue weighted by molar-refractivity contribution is 5.74. The minimum absolute atomic E-state index is 0.106. The molecule has 0 radical (unpaired) electrons. The lowest BCUT2D eigenvalue weighted by molar-refractivity contribution is -0.129. The molecule has 120 valence electrons. The van der Waals surface area contributed by atoms with Crippen LogP contribution in [-0.4, -0.2) is 47.0 Å². The van der Waals surface area contributed by atoms with Crippen molar-refractivity contribution in [3.05, 3.63) is 30.3 Å². The van der Waals surface area contributed by atoms with Crippen LogP contribution in [0.15, 0.2) is 30.3 Å². The van der Waals surface area contributed by atoms with Gasteiger partial charge in [-0.15, -0.1) is 0 Å². The van der Waals surface area contributed by atoms with Gasteiger partial charge >= 0.3 is 0 Å². The zero-order chi connectivity index (χ0) is 16.4. The van der Waals surface area contributed by atoms with E-state index in [0.29, 0.717) is 24.7 Å². The molecule has 3 rings (SSSR count). The highest BCUT2D eigenvalue weighted by Crippen LogP contribution is 2.25. The molecule has 1 saturated heterocycles. The van der Waals surface area contributed by atoms with Gasteiger partial charge in [0, 0.05) is 38.7 Å². The smallest absolute Gasteiger partial charge is 0.219 e. The van der Waals surface area contributed by atoms with Gasteiger partial charge in [0.25, 0.3) is 0 Å². The first-order valence-electron chi connectivity index (χ1n) is 7.54. The van der Waals surface area contributed by atoms with Crippen LogP contribution in [0.5, 0.6) is 0 Å². The highest BCUT2D eigenvalue weighted by Gasteiger charge is 2.20. The topological polar surface area (TPSA) is 101 Å². The Kier molecular flexibility index (Phi) is 4.01. The van der Waals surface area contributed by atoms with E-state index in [1.165, 1.54) is 0 Å². The van der Waals surface area contributed by atoms with Crippen LogP contribution in [0.25, 0.3) is 11.3 Å². The fraction of sp³-hybridized carbons (Fsp3) is 0.312. The molecule has 1 fully saturated rings. The number of nitrogens with zero attached hydrogens (tertiary/aromatic N) is 4. The summed E-state index contributed by atoms with van der Waals surface area (Å²) in [5.41, 5.74) is 13.4. The van der Waals surface area contributed by atoms with Gasteiger partial charge in [0.05, 0.1) is 5.69 Å². The molecule has 0 aliphatic carbocycles. The zero-order valence-corrected chi connectivity index (χ0v) is 13.1. The molecule has 1 aliphatic rings. The number of amides is 1. The van der Waals surface area contributed by atoms with Crippen molar-refractivity contribution in [2.45, 2.75) is 6.92 Å². The van der Waals surface area contributed by atoms with Crippen LogP contribution in [0, 0.1) is 0 Å². The molecule has 23 heavy (non-hydrogen) atoms. The van der Waals surface area contributed by atoms with E-state index in [0.717, 1.165) is 30.2 Å². The minimum atomic E-state index is 0.106. The maximum atomic E-state index is 11.4. The van der Waals surface area contributed by atoms with Gasteiger partial charge in [-0.3, -0.25) is 4.79 Å². The van der Waals surface area contributed by atoms with Crippen LogP contribution >= 0.6 is 0 Å². The van der Waals surface area contributed by atoms with Crippen LogP contribution in [0.3, 0.4) is 0 Å². The van der Waals surface area contributed by atoms with Crippen molar-refractivity contribution >= 4 is 23.4 Å². The van der Waals surface area contributed by atoms with Gasteiger partial charge in [-0.25, -0.2) is 9.97 Å². The number of pyridine rings is 2. The van der Waals surface area contributed by atoms with Crippen molar-refractivity contribution in [2.24, 2.45) is 0 Å². The van der Waals surface area contributed by atoms with Gasteiger partial charge in [-0.2, -0.15) is 0 Å². The Hall–Kier alpha value is -2.83. The van der Waals surface area contributed by atoms with Crippen LogP contribution in [-0.2, 0) is 4.79 Å². The third kappa shape index (κ3) is 3.33. The van der Waals surface area contributed by atoms with Gasteiger partial charge in [0.2, 0.25) is 5.91 Å². The monoisotopic (exact) mass is 312 g/mol. The largest absolute Gasteiger partial charge is 0.384 e. The number of nitrogen functional groups attached to an aromatic ring is 2. The second-order valence-corrected chi connectivity index (χ2v) is 5.58. The number of nitrogens with two attached hydrogens (primary N) is 2. The van der Waals surface area contributed by atoms with E-state index in [4.69, 9.17) is 11.5 Å². The average Bonchev–Trinajstić information content (AvgIpc) is 2.54. The fourth-order valence-corrected chi connectivity index (χ4v) is 2.71. The molecule has 1 aliphatic heterocycles. The lowest BCUT2D eigenvalue weighted by atomic mass is 10.1. The SMILES string of the molecule is CC(=O)N1CCN(c2cc(-c3cccc(N)n3)cc(N)n2)CC1. The molecule has 0 saturated carbocycles. The fourth-order valence-electron chi connectivity index (χ4n) is 2.71. The molecular formula is C16H20N6O. The number of piperazine rings is 1. The number of rotatable bonds is 2. The second-order valence-electron chi connectivity index (χ2n) is 5.58. The molecule has 0 aromatic carbocycles. The highest BCUT2D eigenvalue weighted by atomic mass is 16.2. The molecule has 3 heterocycles. The quantitative estimate of drug-likeness (QED) is 0.857. The Morgan fingerprint density at radius 1 is 1.04 bits per heavy atom. The van der Waals surface area contributed by atoms with Crippen molar-refractivity contribution in [1.82, 2.24) is 14.9 Å². The van der Waals surface area contributed by atoms with Gasteiger partial charge in [0.1, 0.15) is 17.5 Å². The van der Waals surface area contributed by atoms with E-state index < -0.39 is 0 Å². The van der Waals surface area contributed by atoms with Crippen LogP contribution in [0.1, 0.15) is 6.92 Å². The van der Waals surface area contributed by atoms with Gasteiger partial charge in [0.15, 0.2) is 0 Å². The van der Waals surface area contributed by atoms with E-state index in [1.807, 2.05) is 23.1 Å². The summed E-state index contributed by atoms with van der Waals surface area (Å²) < 4.78 is 0. The van der Waals surface area contributed by atoms with Crippen molar-refractivity contribution in [3.63, 3.8) is 0 Å². The molecule has 0 unspecified atom stereocenters. The van der Waals surface area contributed by atoms with Gasteiger partial charge in [-0.1, -0.05) is 6.07 Å². The van der Waals surface area contributed by atoms with Crippen LogP contribution in [0.2, 0.25) is 0 Å². The Balaban J connectivity index is 1.85. The van der Waals surface area contributed by atoms with Gasteiger partial charge < -0.3 is 21.3 Å². The summed E-state index contributed by atoms with van der Waals surface area (Å²) in [6, 6.07) is 9.25. The summed E-state index contributed by atoms with van der Waals surface area (Å²) in [6.45, 7) is 4.45. The van der Waals surface area contributed by atoms with Crippen molar-refractivity contribution in [3.8, 4) is 11.3 Å². The number of hydrogen-bond acceptors (Lipinski definition) is 6. The Morgan fingerprint density at radius 2 is 1.78 bits per heavy atom. The molecule has 7 heteroatoms. The van der Waals surface area contributed by atoms with Crippen LogP contribution < -0.4 is 16.4 Å². The van der Waals surface area contributed by atoms with E-state index in [1.54, 1.807) is 19.1 Å². The number of carbonyl (C=O) groups excluding carboxylic acids is 1. The first-order valence-corrected chi connectivity index (χ1v) is 7.54. The third-order valence-electron chi connectivity index (χ3n) is 3.95. The summed E-state index contributed by atoms with van der Waals surface area (Å²) in [6.07, 6.45) is 0. The average molecular weight is 312 g/mol. The normalized spacial score (nSPS) is 14.8. The molecule has 4 N–H and O–H groups in total. The Bertz CT molecular complexity index is 724. The van der Waals surface area contributed by atoms with Crippen LogP contribution in [0.4, 0.5) is 17.5 Å². The van der Waals surface area contributed by atoms with Gasteiger partial charge in [-0.05, 0) is 24.3 Å². The molecule has 1 amide bonds. The standard InChI is InChI=1S/C16H20N6O/c1-11(23)21-5-7-22(8-6-21)16-10-12(9-15(18)20-16)13-3-2-4-14(17)19-13/h2-4,9-10H,5-8H2,1H3,(H2,17,19)(H2,18,20).